The summed E-state index contributed by atoms with van der Waals surface area (Å²) in [5.41, 5.74) is 3.27. The van der Waals surface area contributed by atoms with E-state index in [1.54, 1.807) is 18.2 Å². The van der Waals surface area contributed by atoms with Crippen LogP contribution < -0.4 is 5.43 Å². The molecule has 1 aromatic carbocycles. The Morgan fingerprint density at radius 1 is 1.39 bits per heavy atom. The fourth-order valence-electron chi connectivity index (χ4n) is 1.38. The van der Waals surface area contributed by atoms with E-state index < -0.39 is 4.92 Å². The van der Waals surface area contributed by atoms with Gasteiger partial charge in [-0.15, -0.1) is 0 Å². The van der Waals surface area contributed by atoms with Crippen LogP contribution in [-0.2, 0) is 0 Å². The van der Waals surface area contributed by atoms with Gasteiger partial charge in [-0.1, -0.05) is 6.07 Å². The summed E-state index contributed by atoms with van der Waals surface area (Å²) in [6, 6.07) is 9.73. The van der Waals surface area contributed by atoms with Gasteiger partial charge >= 0.3 is 0 Å². The van der Waals surface area contributed by atoms with Gasteiger partial charge in [-0.2, -0.15) is 5.10 Å². The Balaban J connectivity index is 2.04. The minimum atomic E-state index is -0.454. The summed E-state index contributed by atoms with van der Waals surface area (Å²) in [5.74, 6) is 1.41. The number of aryl methyl sites for hydroxylation is 1. The third-order valence-corrected chi connectivity index (χ3v) is 2.20. The minimum absolute atomic E-state index is 0.0176. The Hall–Kier alpha value is -2.63. The second kappa shape index (κ2) is 5.13. The molecule has 0 aliphatic carbocycles. The lowest BCUT2D eigenvalue weighted by Gasteiger charge is -1.98. The van der Waals surface area contributed by atoms with E-state index in [-0.39, 0.29) is 5.69 Å². The Bertz CT molecular complexity index is 590. The molecule has 0 atom stereocenters. The molecule has 0 aliphatic rings. The average Bonchev–Trinajstić information content (AvgIpc) is 2.75. The fourth-order valence-corrected chi connectivity index (χ4v) is 1.38. The zero-order valence-corrected chi connectivity index (χ0v) is 9.66. The van der Waals surface area contributed by atoms with Crippen molar-refractivity contribution in [3.05, 3.63) is 58.0 Å². The molecule has 6 nitrogen and oxygen atoms in total. The van der Waals surface area contributed by atoms with Gasteiger partial charge in [0.05, 0.1) is 16.8 Å². The standard InChI is InChI=1S/C12H11N3O3/c1-9-5-6-12(18-9)8-13-14-10-3-2-4-11(7-10)15(16)17/h2-8,14H,1H3/b13-8-. The minimum Gasteiger partial charge on any atom is -0.460 e. The smallest absolute Gasteiger partial charge is 0.271 e. The molecule has 1 heterocycles. The average molecular weight is 245 g/mol. The van der Waals surface area contributed by atoms with E-state index in [4.69, 9.17) is 4.42 Å². The molecule has 2 rings (SSSR count). The van der Waals surface area contributed by atoms with Crippen molar-refractivity contribution in [2.75, 3.05) is 5.43 Å². The molecule has 2 aromatic rings. The summed E-state index contributed by atoms with van der Waals surface area (Å²) >= 11 is 0. The Morgan fingerprint density at radius 3 is 2.89 bits per heavy atom. The highest BCUT2D eigenvalue weighted by molar-refractivity contribution is 5.76. The number of hydrogen-bond donors (Lipinski definition) is 1. The van der Waals surface area contributed by atoms with Crippen molar-refractivity contribution in [3.8, 4) is 0 Å². The van der Waals surface area contributed by atoms with E-state index in [9.17, 15) is 10.1 Å². The molecular weight excluding hydrogens is 234 g/mol. The molecule has 0 saturated heterocycles. The maximum atomic E-state index is 10.6. The quantitative estimate of drug-likeness (QED) is 0.510. The van der Waals surface area contributed by atoms with E-state index in [1.807, 2.05) is 13.0 Å². The van der Waals surface area contributed by atoms with Crippen LogP contribution in [0.25, 0.3) is 0 Å². The van der Waals surface area contributed by atoms with Crippen LogP contribution in [0.4, 0.5) is 11.4 Å². The number of nitro groups is 1. The van der Waals surface area contributed by atoms with Gasteiger partial charge in [-0.05, 0) is 25.1 Å². The predicted molar refractivity (Wildman–Crippen MR) is 67.8 cm³/mol. The molecule has 0 spiro atoms. The number of benzene rings is 1. The second-order valence-electron chi connectivity index (χ2n) is 3.63. The highest BCUT2D eigenvalue weighted by atomic mass is 16.6. The maximum Gasteiger partial charge on any atom is 0.271 e. The maximum absolute atomic E-state index is 10.6. The van der Waals surface area contributed by atoms with Gasteiger partial charge in [0.1, 0.15) is 11.5 Å². The van der Waals surface area contributed by atoms with E-state index in [1.165, 1.54) is 18.3 Å². The van der Waals surface area contributed by atoms with Crippen LogP contribution in [-0.4, -0.2) is 11.1 Å². The molecule has 6 heteroatoms. The largest absolute Gasteiger partial charge is 0.460 e. The number of non-ortho nitro benzene ring substituents is 1. The van der Waals surface area contributed by atoms with Crippen molar-refractivity contribution in [1.82, 2.24) is 0 Å². The van der Waals surface area contributed by atoms with Crippen molar-refractivity contribution in [3.63, 3.8) is 0 Å². The van der Waals surface area contributed by atoms with Crippen LogP contribution in [0.2, 0.25) is 0 Å². The normalized spacial score (nSPS) is 10.7. The SMILES string of the molecule is Cc1ccc(/C=N\Nc2cccc([N+](=O)[O-])c2)o1. The van der Waals surface area contributed by atoms with Gasteiger partial charge in [0.15, 0.2) is 0 Å². The van der Waals surface area contributed by atoms with E-state index in [0.29, 0.717) is 11.4 Å². The third-order valence-electron chi connectivity index (χ3n) is 2.20. The van der Waals surface area contributed by atoms with Gasteiger partial charge in [0.2, 0.25) is 0 Å². The number of nitrogens with zero attached hydrogens (tertiary/aromatic N) is 2. The summed E-state index contributed by atoms with van der Waals surface area (Å²) in [5, 5.41) is 14.5. The molecule has 0 aliphatic heterocycles. The van der Waals surface area contributed by atoms with Crippen molar-refractivity contribution in [2.45, 2.75) is 6.92 Å². The lowest BCUT2D eigenvalue weighted by molar-refractivity contribution is -0.384. The predicted octanol–water partition coefficient (Wildman–Crippen LogP) is 2.94. The molecule has 0 amide bonds. The molecule has 0 unspecified atom stereocenters. The first-order valence-electron chi connectivity index (χ1n) is 5.25. The summed E-state index contributed by atoms with van der Waals surface area (Å²) in [7, 11) is 0. The lowest BCUT2D eigenvalue weighted by atomic mass is 10.3. The summed E-state index contributed by atoms with van der Waals surface area (Å²) in [6.07, 6.45) is 1.51. The number of hydrazone groups is 1. The lowest BCUT2D eigenvalue weighted by Crippen LogP contribution is -1.92. The summed E-state index contributed by atoms with van der Waals surface area (Å²) in [6.45, 7) is 1.84. The number of nitrogens with one attached hydrogen (secondary N) is 1. The number of anilines is 1. The van der Waals surface area contributed by atoms with Crippen LogP contribution >= 0.6 is 0 Å². The Morgan fingerprint density at radius 2 is 2.22 bits per heavy atom. The van der Waals surface area contributed by atoms with Gasteiger partial charge in [0.25, 0.3) is 5.69 Å². The van der Waals surface area contributed by atoms with Gasteiger partial charge in [0, 0.05) is 12.1 Å². The fraction of sp³-hybridized carbons (Fsp3) is 0.0833. The molecule has 0 bridgehead atoms. The first-order chi connectivity index (χ1) is 8.65. The van der Waals surface area contributed by atoms with Crippen molar-refractivity contribution in [1.29, 1.82) is 0 Å². The van der Waals surface area contributed by atoms with Crippen LogP contribution in [0, 0.1) is 17.0 Å². The van der Waals surface area contributed by atoms with E-state index in [2.05, 4.69) is 10.5 Å². The first kappa shape index (κ1) is 11.8. The second-order valence-corrected chi connectivity index (χ2v) is 3.63. The summed E-state index contributed by atoms with van der Waals surface area (Å²) in [4.78, 5) is 10.1. The molecule has 0 saturated carbocycles. The van der Waals surface area contributed by atoms with Crippen molar-refractivity contribution < 1.29 is 9.34 Å². The monoisotopic (exact) mass is 245 g/mol. The Labute approximate surface area is 103 Å². The van der Waals surface area contributed by atoms with Crippen LogP contribution in [0.15, 0.2) is 45.9 Å². The summed E-state index contributed by atoms with van der Waals surface area (Å²) < 4.78 is 5.29. The molecular formula is C12H11N3O3. The van der Waals surface area contributed by atoms with E-state index >= 15 is 0 Å². The highest BCUT2D eigenvalue weighted by Gasteiger charge is 2.04. The molecule has 92 valence electrons. The molecule has 0 fully saturated rings. The van der Waals surface area contributed by atoms with Gasteiger partial charge < -0.3 is 4.42 Å². The van der Waals surface area contributed by atoms with Gasteiger partial charge in [-0.3, -0.25) is 15.5 Å². The van der Waals surface area contributed by atoms with E-state index in [0.717, 1.165) is 5.76 Å². The topological polar surface area (TPSA) is 80.7 Å². The zero-order chi connectivity index (χ0) is 13.0. The third kappa shape index (κ3) is 2.94. The molecule has 1 N–H and O–H groups in total. The van der Waals surface area contributed by atoms with Crippen LogP contribution in [0.3, 0.4) is 0 Å². The Kier molecular flexibility index (Phi) is 3.38. The van der Waals surface area contributed by atoms with Gasteiger partial charge in [-0.25, -0.2) is 0 Å². The van der Waals surface area contributed by atoms with Crippen LogP contribution in [0.5, 0.6) is 0 Å². The number of furan rings is 1. The first-order valence-corrected chi connectivity index (χ1v) is 5.25. The molecule has 0 radical (unpaired) electrons. The van der Waals surface area contributed by atoms with Crippen molar-refractivity contribution in [2.24, 2.45) is 5.10 Å². The molecule has 1 aromatic heterocycles. The zero-order valence-electron chi connectivity index (χ0n) is 9.66. The van der Waals surface area contributed by atoms with Crippen molar-refractivity contribution >= 4 is 17.6 Å². The highest BCUT2D eigenvalue weighted by Crippen LogP contribution is 2.16. The number of nitro benzene ring substituents is 1. The number of hydrogen-bond acceptors (Lipinski definition) is 5. The number of rotatable bonds is 4. The van der Waals surface area contributed by atoms with Crippen LogP contribution in [0.1, 0.15) is 11.5 Å². The molecule has 18 heavy (non-hydrogen) atoms.